The van der Waals surface area contributed by atoms with Gasteiger partial charge in [0.05, 0.1) is 20.5 Å². The fourth-order valence-corrected chi connectivity index (χ4v) is 3.80. The molecule has 1 fully saturated rings. The molecule has 21 heavy (non-hydrogen) atoms. The number of halogens is 4. The monoisotopic (exact) mass is 381 g/mol. The summed E-state index contributed by atoms with van der Waals surface area (Å²) in [4.78, 5) is 10.0. The fourth-order valence-electron chi connectivity index (χ4n) is 2.36. The zero-order chi connectivity index (χ0) is 15.3. The second-order valence-corrected chi connectivity index (χ2v) is 7.54. The Kier molecular flexibility index (Phi) is 3.71. The van der Waals surface area contributed by atoms with Gasteiger partial charge >= 0.3 is 6.18 Å². The van der Waals surface area contributed by atoms with Crippen molar-refractivity contribution >= 4 is 37.5 Å². The van der Waals surface area contributed by atoms with Gasteiger partial charge in [-0.3, -0.25) is 4.90 Å². The van der Waals surface area contributed by atoms with Crippen molar-refractivity contribution in [2.45, 2.75) is 24.7 Å². The SMILES string of the molecule is OC1(C(F)(F)F)CCN(Cc2ncc3sc(Br)cc3n2)C1. The number of β-amino-alcohol motifs (C(OH)–C–C–N with tert-alkyl or cyclic N) is 1. The lowest BCUT2D eigenvalue weighted by Gasteiger charge is -2.25. The van der Waals surface area contributed by atoms with Crippen molar-refractivity contribution in [1.82, 2.24) is 14.9 Å². The largest absolute Gasteiger partial charge is 0.418 e. The molecule has 0 radical (unpaired) electrons. The highest BCUT2D eigenvalue weighted by Gasteiger charge is 2.56. The molecule has 2 aromatic rings. The first-order chi connectivity index (χ1) is 9.77. The lowest BCUT2D eigenvalue weighted by Crippen LogP contribution is -2.47. The highest BCUT2D eigenvalue weighted by molar-refractivity contribution is 9.11. The summed E-state index contributed by atoms with van der Waals surface area (Å²) < 4.78 is 40.1. The average molecular weight is 382 g/mol. The first-order valence-corrected chi connectivity index (χ1v) is 7.80. The number of rotatable bonds is 2. The summed E-state index contributed by atoms with van der Waals surface area (Å²) >= 11 is 4.85. The maximum absolute atomic E-state index is 12.8. The van der Waals surface area contributed by atoms with E-state index in [0.717, 1.165) is 14.0 Å². The number of aromatic nitrogens is 2. The van der Waals surface area contributed by atoms with Crippen LogP contribution < -0.4 is 0 Å². The van der Waals surface area contributed by atoms with Crippen molar-refractivity contribution in [1.29, 1.82) is 0 Å². The van der Waals surface area contributed by atoms with Crippen LogP contribution in [0.15, 0.2) is 16.0 Å². The third-order valence-corrected chi connectivity index (χ3v) is 5.07. The Hall–Kier alpha value is -0.770. The molecule has 0 aliphatic carbocycles. The van der Waals surface area contributed by atoms with E-state index in [-0.39, 0.29) is 19.5 Å². The quantitative estimate of drug-likeness (QED) is 0.868. The second-order valence-electron chi connectivity index (χ2n) is 5.08. The number of likely N-dealkylation sites (tertiary alicyclic amines) is 1. The molecular weight excluding hydrogens is 371 g/mol. The number of nitrogens with zero attached hydrogens (tertiary/aromatic N) is 3. The van der Waals surface area contributed by atoms with Crippen LogP contribution in [0, 0.1) is 0 Å². The Morgan fingerprint density at radius 1 is 1.48 bits per heavy atom. The number of hydrogen-bond acceptors (Lipinski definition) is 5. The van der Waals surface area contributed by atoms with Gasteiger partial charge in [-0.2, -0.15) is 13.2 Å². The summed E-state index contributed by atoms with van der Waals surface area (Å²) in [5.74, 6) is 0.458. The van der Waals surface area contributed by atoms with Gasteiger partial charge < -0.3 is 5.11 Å². The molecule has 1 atom stereocenters. The molecule has 0 spiro atoms. The highest BCUT2D eigenvalue weighted by atomic mass is 79.9. The van der Waals surface area contributed by atoms with Gasteiger partial charge in [0.15, 0.2) is 5.60 Å². The third kappa shape index (κ3) is 2.92. The fraction of sp³-hybridized carbons (Fsp3) is 0.500. The predicted octanol–water partition coefficient (Wildman–Crippen LogP) is 2.95. The van der Waals surface area contributed by atoms with Gasteiger partial charge in [0, 0.05) is 19.3 Å². The van der Waals surface area contributed by atoms with Crippen LogP contribution in [0.25, 0.3) is 10.2 Å². The normalized spacial score (nSPS) is 24.0. The molecule has 1 aliphatic rings. The van der Waals surface area contributed by atoms with Gasteiger partial charge in [-0.25, -0.2) is 9.97 Å². The number of hydrogen-bond donors (Lipinski definition) is 1. The highest BCUT2D eigenvalue weighted by Crippen LogP contribution is 2.38. The molecular formula is C12H11BrF3N3OS. The van der Waals surface area contributed by atoms with Crippen LogP contribution in [0.2, 0.25) is 0 Å². The van der Waals surface area contributed by atoms with Gasteiger partial charge in [-0.05, 0) is 28.4 Å². The molecule has 0 amide bonds. The summed E-state index contributed by atoms with van der Waals surface area (Å²) in [6.07, 6.45) is -3.26. The van der Waals surface area contributed by atoms with E-state index in [1.807, 2.05) is 6.07 Å². The number of thiophene rings is 1. The molecule has 3 rings (SSSR count). The van der Waals surface area contributed by atoms with Crippen molar-refractivity contribution in [3.63, 3.8) is 0 Å². The van der Waals surface area contributed by atoms with E-state index in [2.05, 4.69) is 25.9 Å². The maximum atomic E-state index is 12.8. The van der Waals surface area contributed by atoms with Crippen LogP contribution in [0.1, 0.15) is 12.2 Å². The molecule has 1 aliphatic heterocycles. The molecule has 0 bridgehead atoms. The molecule has 114 valence electrons. The number of aliphatic hydroxyl groups is 1. The van der Waals surface area contributed by atoms with Crippen molar-refractivity contribution in [2.24, 2.45) is 0 Å². The minimum Gasteiger partial charge on any atom is -0.379 e. The molecule has 3 heterocycles. The van der Waals surface area contributed by atoms with E-state index in [1.165, 1.54) is 16.2 Å². The lowest BCUT2D eigenvalue weighted by molar-refractivity contribution is -0.254. The van der Waals surface area contributed by atoms with Crippen molar-refractivity contribution in [2.75, 3.05) is 13.1 Å². The molecule has 1 saturated heterocycles. The Labute approximate surface area is 130 Å². The van der Waals surface area contributed by atoms with Gasteiger partial charge in [0.1, 0.15) is 5.82 Å². The van der Waals surface area contributed by atoms with E-state index in [9.17, 15) is 18.3 Å². The van der Waals surface area contributed by atoms with E-state index in [4.69, 9.17) is 0 Å². The van der Waals surface area contributed by atoms with E-state index < -0.39 is 18.3 Å². The van der Waals surface area contributed by atoms with Crippen LogP contribution in [0.3, 0.4) is 0 Å². The van der Waals surface area contributed by atoms with Crippen molar-refractivity contribution < 1.29 is 18.3 Å². The second kappa shape index (κ2) is 5.15. The molecule has 9 heteroatoms. The standard InChI is InChI=1S/C12H11BrF3N3OS/c13-9-3-7-8(21-9)4-17-10(18-7)5-19-2-1-11(20,6-19)12(14,15)16/h3-4,20H,1-2,5-6H2. The summed E-state index contributed by atoms with van der Waals surface area (Å²) in [6, 6.07) is 1.85. The van der Waals surface area contributed by atoms with Crippen LogP contribution >= 0.6 is 27.3 Å². The minimum atomic E-state index is -4.61. The van der Waals surface area contributed by atoms with Gasteiger partial charge in [0.2, 0.25) is 0 Å². The summed E-state index contributed by atoms with van der Waals surface area (Å²) in [7, 11) is 0. The van der Waals surface area contributed by atoms with Crippen LogP contribution in [-0.4, -0.2) is 44.8 Å². The molecule has 0 aromatic carbocycles. The lowest BCUT2D eigenvalue weighted by atomic mass is 10.0. The van der Waals surface area contributed by atoms with Crippen LogP contribution in [0.5, 0.6) is 0 Å². The third-order valence-electron chi connectivity index (χ3n) is 3.51. The topological polar surface area (TPSA) is 49.2 Å². The van der Waals surface area contributed by atoms with Crippen molar-refractivity contribution in [3.8, 4) is 0 Å². The van der Waals surface area contributed by atoms with E-state index >= 15 is 0 Å². The molecule has 0 saturated carbocycles. The molecule has 2 aromatic heterocycles. The van der Waals surface area contributed by atoms with E-state index in [1.54, 1.807) is 6.20 Å². The van der Waals surface area contributed by atoms with Crippen LogP contribution in [0.4, 0.5) is 13.2 Å². The maximum Gasteiger partial charge on any atom is 0.418 e. The summed E-state index contributed by atoms with van der Waals surface area (Å²) in [6.45, 7) is -0.0717. The first-order valence-electron chi connectivity index (χ1n) is 6.19. The number of alkyl halides is 3. The van der Waals surface area contributed by atoms with E-state index in [0.29, 0.717) is 5.82 Å². The minimum absolute atomic E-state index is 0.171. The average Bonchev–Trinajstić information content (AvgIpc) is 2.91. The molecule has 1 N–H and O–H groups in total. The van der Waals surface area contributed by atoms with Crippen molar-refractivity contribution in [3.05, 3.63) is 21.9 Å². The molecule has 4 nitrogen and oxygen atoms in total. The Morgan fingerprint density at radius 3 is 2.90 bits per heavy atom. The Balaban J connectivity index is 1.74. The zero-order valence-corrected chi connectivity index (χ0v) is 13.1. The van der Waals surface area contributed by atoms with Gasteiger partial charge in [-0.1, -0.05) is 0 Å². The van der Waals surface area contributed by atoms with Gasteiger partial charge in [-0.15, -0.1) is 11.3 Å². The summed E-state index contributed by atoms with van der Waals surface area (Å²) in [5, 5.41) is 9.64. The summed E-state index contributed by atoms with van der Waals surface area (Å²) in [5.41, 5.74) is -1.86. The van der Waals surface area contributed by atoms with Gasteiger partial charge in [0.25, 0.3) is 0 Å². The first kappa shape index (κ1) is 15.1. The molecule has 1 unspecified atom stereocenters. The zero-order valence-electron chi connectivity index (χ0n) is 10.7. The predicted molar refractivity (Wildman–Crippen MR) is 76.0 cm³/mol. The van der Waals surface area contributed by atoms with Crippen LogP contribution in [-0.2, 0) is 6.54 Å². The Morgan fingerprint density at radius 2 is 2.24 bits per heavy atom. The smallest absolute Gasteiger partial charge is 0.379 e. The number of fused-ring (bicyclic) bond motifs is 1. The Bertz CT molecular complexity index is 677.